The Morgan fingerprint density at radius 3 is 1.85 bits per heavy atom. The maximum Gasteiger partial charge on any atom is 0.224 e. The maximum absolute atomic E-state index is 11.9. The third-order valence-corrected chi connectivity index (χ3v) is 3.29. The molecule has 3 nitrogen and oxygen atoms in total. The molecule has 20 heavy (non-hydrogen) atoms. The van der Waals surface area contributed by atoms with E-state index in [1.165, 1.54) is 0 Å². The highest BCUT2D eigenvalue weighted by Gasteiger charge is 2.16. The van der Waals surface area contributed by atoms with Crippen molar-refractivity contribution in [3.05, 3.63) is 23.3 Å². The molecule has 0 saturated heterocycles. The van der Waals surface area contributed by atoms with Crippen LogP contribution >= 0.6 is 0 Å². The summed E-state index contributed by atoms with van der Waals surface area (Å²) in [6, 6.07) is 3.76. The second kappa shape index (κ2) is 6.78. The average Bonchev–Trinajstić information content (AvgIpc) is 2.29. The van der Waals surface area contributed by atoms with Crippen LogP contribution in [0.2, 0.25) is 0 Å². The molecule has 0 saturated carbocycles. The van der Waals surface area contributed by atoms with Crippen LogP contribution in [-0.2, 0) is 4.79 Å². The quantitative estimate of drug-likeness (QED) is 0.771. The minimum atomic E-state index is 0.0232. The molecule has 0 fully saturated rings. The lowest BCUT2D eigenvalue weighted by Gasteiger charge is -2.18. The summed E-state index contributed by atoms with van der Waals surface area (Å²) < 4.78 is 0. The maximum atomic E-state index is 11.9. The van der Waals surface area contributed by atoms with Crippen molar-refractivity contribution in [1.29, 1.82) is 0 Å². The Morgan fingerprint density at radius 2 is 1.50 bits per heavy atom. The zero-order valence-electron chi connectivity index (χ0n) is 13.4. The fraction of sp³-hybridized carbons (Fsp3) is 0.588. The molecule has 0 aliphatic rings. The molecule has 1 amide bonds. The van der Waals surface area contributed by atoms with Crippen molar-refractivity contribution in [2.45, 2.75) is 59.8 Å². The van der Waals surface area contributed by atoms with Crippen LogP contribution in [-0.4, -0.2) is 11.0 Å². The molecule has 1 aromatic carbocycles. The highest BCUT2D eigenvalue weighted by atomic mass is 16.3. The van der Waals surface area contributed by atoms with Crippen molar-refractivity contribution in [2.24, 2.45) is 5.92 Å². The molecular formula is C17H27NO2. The molecule has 0 atom stereocenters. The van der Waals surface area contributed by atoms with Crippen LogP contribution in [0.15, 0.2) is 12.1 Å². The number of phenolic OH excluding ortho intramolecular Hbond substituents is 1. The summed E-state index contributed by atoms with van der Waals surface area (Å²) in [4.78, 5) is 11.9. The number of hydrogen-bond donors (Lipinski definition) is 2. The molecule has 1 aromatic rings. The number of anilines is 1. The summed E-state index contributed by atoms with van der Waals surface area (Å²) >= 11 is 0. The fourth-order valence-corrected chi connectivity index (χ4v) is 2.22. The number of carbonyl (C=O) groups is 1. The van der Waals surface area contributed by atoms with Gasteiger partial charge in [-0.2, -0.15) is 0 Å². The highest BCUT2D eigenvalue weighted by Crippen LogP contribution is 2.36. The predicted octanol–water partition coefficient (Wildman–Crippen LogP) is 4.62. The second-order valence-corrected chi connectivity index (χ2v) is 6.46. The third kappa shape index (κ3) is 4.26. The van der Waals surface area contributed by atoms with Crippen molar-refractivity contribution < 1.29 is 9.90 Å². The lowest BCUT2D eigenvalue weighted by atomic mass is 9.93. The van der Waals surface area contributed by atoms with Gasteiger partial charge < -0.3 is 10.4 Å². The molecule has 0 aromatic heterocycles. The van der Waals surface area contributed by atoms with Crippen LogP contribution in [0.4, 0.5) is 5.69 Å². The first kappa shape index (κ1) is 16.5. The SMILES string of the molecule is CC(C)CC(=O)Nc1cc(C(C)C)c(O)c(C(C)C)c1. The van der Waals surface area contributed by atoms with Gasteiger partial charge in [0.2, 0.25) is 5.91 Å². The molecular weight excluding hydrogens is 250 g/mol. The molecule has 0 bridgehead atoms. The Kier molecular flexibility index (Phi) is 5.61. The van der Waals surface area contributed by atoms with Gasteiger partial charge in [-0.15, -0.1) is 0 Å². The molecule has 112 valence electrons. The van der Waals surface area contributed by atoms with Gasteiger partial charge in [-0.25, -0.2) is 0 Å². The lowest BCUT2D eigenvalue weighted by Crippen LogP contribution is -2.14. The van der Waals surface area contributed by atoms with E-state index in [9.17, 15) is 9.90 Å². The average molecular weight is 277 g/mol. The Bertz CT molecular complexity index is 447. The number of aromatic hydroxyl groups is 1. The Balaban J connectivity index is 3.11. The number of phenols is 1. The number of amides is 1. The molecule has 0 unspecified atom stereocenters. The first-order valence-corrected chi connectivity index (χ1v) is 7.39. The van der Waals surface area contributed by atoms with Gasteiger partial charge in [0.1, 0.15) is 5.75 Å². The zero-order chi connectivity index (χ0) is 15.4. The van der Waals surface area contributed by atoms with E-state index in [2.05, 4.69) is 5.32 Å². The first-order chi connectivity index (χ1) is 9.22. The largest absolute Gasteiger partial charge is 0.507 e. The molecule has 1 rings (SSSR count). The van der Waals surface area contributed by atoms with Gasteiger partial charge in [-0.05, 0) is 41.0 Å². The number of rotatable bonds is 5. The van der Waals surface area contributed by atoms with Crippen molar-refractivity contribution in [1.82, 2.24) is 0 Å². The third-order valence-electron chi connectivity index (χ3n) is 3.29. The molecule has 3 heteroatoms. The molecule has 2 N–H and O–H groups in total. The Morgan fingerprint density at radius 1 is 1.05 bits per heavy atom. The molecule has 0 aliphatic carbocycles. The van der Waals surface area contributed by atoms with Crippen molar-refractivity contribution in [2.75, 3.05) is 5.32 Å². The van der Waals surface area contributed by atoms with Gasteiger partial charge in [0.25, 0.3) is 0 Å². The molecule has 0 radical (unpaired) electrons. The van der Waals surface area contributed by atoms with Crippen LogP contribution in [0.25, 0.3) is 0 Å². The normalized spacial score (nSPS) is 11.4. The summed E-state index contributed by atoms with van der Waals surface area (Å²) in [5.74, 6) is 1.15. The summed E-state index contributed by atoms with van der Waals surface area (Å²) in [6.45, 7) is 12.2. The van der Waals surface area contributed by atoms with Crippen molar-refractivity contribution >= 4 is 11.6 Å². The Labute approximate surface area is 122 Å². The number of nitrogens with one attached hydrogen (secondary N) is 1. The van der Waals surface area contributed by atoms with Crippen LogP contribution in [0.3, 0.4) is 0 Å². The van der Waals surface area contributed by atoms with E-state index in [4.69, 9.17) is 0 Å². The standard InChI is InChI=1S/C17H27NO2/c1-10(2)7-16(19)18-13-8-14(11(3)4)17(20)15(9-13)12(5)6/h8-12,20H,7H2,1-6H3,(H,18,19). The summed E-state index contributed by atoms with van der Waals surface area (Å²) in [5, 5.41) is 13.3. The van der Waals surface area contributed by atoms with E-state index in [-0.39, 0.29) is 17.7 Å². The predicted molar refractivity (Wildman–Crippen MR) is 84.4 cm³/mol. The van der Waals surface area contributed by atoms with Crippen molar-refractivity contribution in [3.8, 4) is 5.75 Å². The number of hydrogen-bond acceptors (Lipinski definition) is 2. The lowest BCUT2D eigenvalue weighted by molar-refractivity contribution is -0.116. The van der Waals surface area contributed by atoms with E-state index in [0.29, 0.717) is 18.1 Å². The Hall–Kier alpha value is -1.51. The van der Waals surface area contributed by atoms with E-state index >= 15 is 0 Å². The molecule has 0 spiro atoms. The van der Waals surface area contributed by atoms with Gasteiger partial charge in [-0.1, -0.05) is 41.5 Å². The first-order valence-electron chi connectivity index (χ1n) is 7.39. The van der Waals surface area contributed by atoms with Crippen LogP contribution in [0.1, 0.15) is 70.9 Å². The van der Waals surface area contributed by atoms with Gasteiger partial charge in [0.05, 0.1) is 0 Å². The second-order valence-electron chi connectivity index (χ2n) is 6.46. The minimum Gasteiger partial charge on any atom is -0.507 e. The van der Waals surface area contributed by atoms with Gasteiger partial charge >= 0.3 is 0 Å². The van der Waals surface area contributed by atoms with Crippen LogP contribution in [0, 0.1) is 5.92 Å². The van der Waals surface area contributed by atoms with E-state index in [1.807, 2.05) is 53.7 Å². The van der Waals surface area contributed by atoms with Crippen molar-refractivity contribution in [3.63, 3.8) is 0 Å². The molecule has 0 heterocycles. The van der Waals surface area contributed by atoms with Crippen LogP contribution in [0.5, 0.6) is 5.75 Å². The highest BCUT2D eigenvalue weighted by molar-refractivity contribution is 5.91. The van der Waals surface area contributed by atoms with Gasteiger partial charge in [0.15, 0.2) is 0 Å². The van der Waals surface area contributed by atoms with Gasteiger partial charge in [0, 0.05) is 12.1 Å². The number of carbonyl (C=O) groups excluding carboxylic acids is 1. The van der Waals surface area contributed by atoms with E-state index in [0.717, 1.165) is 16.8 Å². The number of benzene rings is 1. The van der Waals surface area contributed by atoms with Crippen LogP contribution < -0.4 is 5.32 Å². The summed E-state index contributed by atoms with van der Waals surface area (Å²) in [7, 11) is 0. The zero-order valence-corrected chi connectivity index (χ0v) is 13.4. The summed E-state index contributed by atoms with van der Waals surface area (Å²) in [6.07, 6.45) is 0.509. The van der Waals surface area contributed by atoms with Gasteiger partial charge in [-0.3, -0.25) is 4.79 Å². The monoisotopic (exact) mass is 277 g/mol. The minimum absolute atomic E-state index is 0.0232. The van der Waals surface area contributed by atoms with E-state index < -0.39 is 0 Å². The summed E-state index contributed by atoms with van der Waals surface area (Å²) in [5.41, 5.74) is 2.55. The fourth-order valence-electron chi connectivity index (χ4n) is 2.22. The topological polar surface area (TPSA) is 49.3 Å². The smallest absolute Gasteiger partial charge is 0.224 e. The molecule has 0 aliphatic heterocycles. The van der Waals surface area contributed by atoms with E-state index in [1.54, 1.807) is 0 Å².